The Labute approximate surface area is 192 Å². The van der Waals surface area contributed by atoms with Crippen LogP contribution >= 0.6 is 11.6 Å². The maximum absolute atomic E-state index is 13.2. The van der Waals surface area contributed by atoms with Gasteiger partial charge in [0, 0.05) is 55.2 Å². The van der Waals surface area contributed by atoms with Gasteiger partial charge in [-0.05, 0) is 50.2 Å². The summed E-state index contributed by atoms with van der Waals surface area (Å²) in [4.78, 5) is 32.8. The van der Waals surface area contributed by atoms with Gasteiger partial charge in [0.05, 0.1) is 0 Å². The lowest BCUT2D eigenvalue weighted by Gasteiger charge is -2.43. The molecule has 3 rings (SSSR count). The van der Waals surface area contributed by atoms with Gasteiger partial charge in [0.25, 0.3) is 0 Å². The minimum absolute atomic E-state index is 0.157. The monoisotopic (exact) mass is 461 g/mol. The molecule has 0 spiro atoms. The highest BCUT2D eigenvalue weighted by Crippen LogP contribution is 2.20. The molecule has 0 bridgehead atoms. The smallest absolute Gasteiger partial charge is 0.534 e. The Morgan fingerprint density at radius 1 is 1.16 bits per heavy atom. The number of amides is 2. The van der Waals surface area contributed by atoms with E-state index in [1.165, 1.54) is 13.8 Å². The second-order valence-electron chi connectivity index (χ2n) is 7.95. The number of nitrogens with zero attached hydrogens (tertiary/aromatic N) is 4. The van der Waals surface area contributed by atoms with Gasteiger partial charge < -0.3 is 20.1 Å². The maximum atomic E-state index is 13.2. The van der Waals surface area contributed by atoms with E-state index in [4.69, 9.17) is 11.6 Å². The number of halogens is 1. The predicted molar refractivity (Wildman–Crippen MR) is 122 cm³/mol. The Bertz CT molecular complexity index is 922. The fraction of sp³-hybridized carbons (Fsp3) is 0.409. The van der Waals surface area contributed by atoms with E-state index in [9.17, 15) is 19.9 Å². The fourth-order valence-corrected chi connectivity index (χ4v) is 3.90. The summed E-state index contributed by atoms with van der Waals surface area (Å²) in [5.74, 6) is -0.301. The number of hydrogen-bond donors (Lipinski definition) is 2. The van der Waals surface area contributed by atoms with Crippen molar-refractivity contribution in [1.29, 1.82) is 0 Å². The highest BCUT2D eigenvalue weighted by Gasteiger charge is 2.39. The maximum Gasteiger partial charge on any atom is 0.534 e. The molecular weight excluding hydrogens is 434 g/mol. The van der Waals surface area contributed by atoms with Crippen molar-refractivity contribution in [1.82, 2.24) is 15.3 Å². The standard InChI is InChI=1S/C22H28ClN5O4/c1-16(15-19-5-3-4-10-24-19)28(32,22(30)31)25-17(2)21(29)27-13-11-26(12-14-27)20-8-6-18(23)7-9-20/h3-10,16-17,25H,11-15H2,1-2H3,(H,30,31)/t16?,17-,28?/m0/s1. The fourth-order valence-electron chi connectivity index (χ4n) is 3.77. The molecule has 1 aliphatic rings. The van der Waals surface area contributed by atoms with Gasteiger partial charge in [-0.15, -0.1) is 5.43 Å². The van der Waals surface area contributed by atoms with Gasteiger partial charge in [-0.2, -0.15) is 9.55 Å². The second-order valence-corrected chi connectivity index (χ2v) is 8.39. The normalized spacial score (nSPS) is 18.0. The lowest BCUT2D eigenvalue weighted by molar-refractivity contribution is -0.878. The molecule has 0 saturated carbocycles. The molecular formula is C22H28ClN5O4. The van der Waals surface area contributed by atoms with Crippen LogP contribution in [0.1, 0.15) is 19.5 Å². The Balaban J connectivity index is 1.60. The van der Waals surface area contributed by atoms with Crippen LogP contribution in [-0.2, 0) is 11.2 Å². The number of nitrogens with one attached hydrogen (secondary N) is 1. The van der Waals surface area contributed by atoms with Crippen LogP contribution < -0.4 is 10.3 Å². The summed E-state index contributed by atoms with van der Waals surface area (Å²) in [7, 11) is 0. The zero-order valence-corrected chi connectivity index (χ0v) is 18.9. The number of carboxylic acid groups (broad SMARTS) is 1. The van der Waals surface area contributed by atoms with E-state index in [1.807, 2.05) is 24.3 Å². The number of anilines is 1. The Morgan fingerprint density at radius 2 is 1.81 bits per heavy atom. The first-order valence-corrected chi connectivity index (χ1v) is 10.9. The van der Waals surface area contributed by atoms with Crippen LogP contribution in [0.3, 0.4) is 0 Å². The summed E-state index contributed by atoms with van der Waals surface area (Å²) >= 11 is 5.94. The number of aromatic nitrogens is 1. The predicted octanol–water partition coefficient (Wildman–Crippen LogP) is 2.90. The van der Waals surface area contributed by atoms with Crippen LogP contribution in [-0.4, -0.2) is 70.0 Å². The third kappa shape index (κ3) is 5.55. The number of piperazine rings is 1. The van der Waals surface area contributed by atoms with E-state index < -0.39 is 22.9 Å². The van der Waals surface area contributed by atoms with Crippen LogP contribution in [0, 0.1) is 5.21 Å². The Morgan fingerprint density at radius 3 is 2.38 bits per heavy atom. The molecule has 172 valence electrons. The number of quaternary nitrogens is 1. The molecule has 1 aliphatic heterocycles. The molecule has 2 amide bonds. The molecule has 0 radical (unpaired) electrons. The third-order valence-electron chi connectivity index (χ3n) is 5.67. The number of pyridine rings is 1. The number of carbonyl (C=O) groups excluding carboxylic acids is 1. The zero-order valence-electron chi connectivity index (χ0n) is 18.1. The summed E-state index contributed by atoms with van der Waals surface area (Å²) in [5, 5.41) is 23.5. The van der Waals surface area contributed by atoms with Crippen LogP contribution in [0.2, 0.25) is 5.02 Å². The van der Waals surface area contributed by atoms with Crippen molar-refractivity contribution in [2.45, 2.75) is 32.4 Å². The highest BCUT2D eigenvalue weighted by molar-refractivity contribution is 6.30. The van der Waals surface area contributed by atoms with Gasteiger partial charge in [0.2, 0.25) is 5.91 Å². The van der Waals surface area contributed by atoms with Gasteiger partial charge in [0.15, 0.2) is 0 Å². The van der Waals surface area contributed by atoms with Crippen molar-refractivity contribution in [2.75, 3.05) is 31.1 Å². The molecule has 1 aromatic heterocycles. The van der Waals surface area contributed by atoms with Gasteiger partial charge in [-0.3, -0.25) is 9.78 Å². The van der Waals surface area contributed by atoms with Crippen molar-refractivity contribution in [3.8, 4) is 0 Å². The van der Waals surface area contributed by atoms with Crippen LogP contribution in [0.15, 0.2) is 48.7 Å². The summed E-state index contributed by atoms with van der Waals surface area (Å²) in [6.45, 7) is 5.27. The average Bonchev–Trinajstić information content (AvgIpc) is 2.79. The van der Waals surface area contributed by atoms with Crippen molar-refractivity contribution in [3.05, 3.63) is 64.6 Å². The molecule has 1 saturated heterocycles. The van der Waals surface area contributed by atoms with Gasteiger partial charge in [0.1, 0.15) is 12.1 Å². The van der Waals surface area contributed by atoms with Crippen LogP contribution in [0.25, 0.3) is 0 Å². The largest absolute Gasteiger partial charge is 0.601 e. The Hall–Kier alpha value is -2.72. The molecule has 2 unspecified atom stereocenters. The first-order chi connectivity index (χ1) is 15.2. The van der Waals surface area contributed by atoms with E-state index >= 15 is 0 Å². The topological polar surface area (TPSA) is 109 Å². The van der Waals surface area contributed by atoms with Crippen LogP contribution in [0.5, 0.6) is 0 Å². The second kappa shape index (κ2) is 10.3. The number of rotatable bonds is 7. The number of hydroxylamine groups is 2. The Kier molecular flexibility index (Phi) is 7.68. The molecule has 1 aromatic carbocycles. The quantitative estimate of drug-likeness (QED) is 0.482. The van der Waals surface area contributed by atoms with E-state index in [0.717, 1.165) is 5.69 Å². The minimum atomic E-state index is -1.73. The van der Waals surface area contributed by atoms with Gasteiger partial charge in [-0.25, -0.2) is 0 Å². The molecule has 0 aliphatic carbocycles. The summed E-state index contributed by atoms with van der Waals surface area (Å²) < 4.78 is -1.73. The number of benzene rings is 1. The van der Waals surface area contributed by atoms with E-state index in [1.54, 1.807) is 29.3 Å². The SMILES string of the molecule is CC(Cc1ccccn1)[N+]([O-])(N[C@@H](C)C(=O)N1CCN(c2ccc(Cl)cc2)CC1)C(=O)O. The zero-order chi connectivity index (χ0) is 23.3. The van der Waals surface area contributed by atoms with Crippen molar-refractivity contribution < 1.29 is 19.5 Å². The van der Waals surface area contributed by atoms with Crippen molar-refractivity contribution in [3.63, 3.8) is 0 Å². The lowest BCUT2D eigenvalue weighted by Crippen LogP contribution is -2.67. The summed E-state index contributed by atoms with van der Waals surface area (Å²) in [5.41, 5.74) is 4.13. The number of hydrogen-bond acceptors (Lipinski definition) is 6. The molecule has 10 heteroatoms. The van der Waals surface area contributed by atoms with Crippen LogP contribution in [0.4, 0.5) is 10.5 Å². The third-order valence-corrected chi connectivity index (χ3v) is 5.93. The number of carbonyl (C=O) groups is 2. The first-order valence-electron chi connectivity index (χ1n) is 10.5. The van der Waals surface area contributed by atoms with E-state index in [2.05, 4.69) is 15.3 Å². The van der Waals surface area contributed by atoms with Gasteiger partial charge >= 0.3 is 6.09 Å². The summed E-state index contributed by atoms with van der Waals surface area (Å²) in [6, 6.07) is 10.9. The molecule has 2 aromatic rings. The molecule has 3 atom stereocenters. The highest BCUT2D eigenvalue weighted by atomic mass is 35.5. The molecule has 9 nitrogen and oxygen atoms in total. The lowest BCUT2D eigenvalue weighted by atomic mass is 10.1. The van der Waals surface area contributed by atoms with E-state index in [-0.39, 0.29) is 12.3 Å². The molecule has 2 N–H and O–H groups in total. The minimum Gasteiger partial charge on any atom is -0.601 e. The average molecular weight is 462 g/mol. The van der Waals surface area contributed by atoms with Crippen molar-refractivity contribution in [2.24, 2.45) is 0 Å². The molecule has 32 heavy (non-hydrogen) atoms. The van der Waals surface area contributed by atoms with E-state index in [0.29, 0.717) is 36.9 Å². The van der Waals surface area contributed by atoms with Gasteiger partial charge in [-0.1, -0.05) is 17.7 Å². The molecule has 2 heterocycles. The van der Waals surface area contributed by atoms with Crippen molar-refractivity contribution >= 4 is 29.3 Å². The first kappa shape index (κ1) is 23.9. The molecule has 1 fully saturated rings. The summed E-state index contributed by atoms with van der Waals surface area (Å²) in [6.07, 6.45) is 0.149.